The fraction of sp³-hybridized carbons (Fsp3) is 0.200. The van der Waals surface area contributed by atoms with E-state index in [1.54, 1.807) is 0 Å². The Bertz CT molecular complexity index is 2070. The molecule has 2 aliphatic rings. The van der Waals surface area contributed by atoms with Gasteiger partial charge in [-0.2, -0.15) is 0 Å². The minimum Gasteiger partial charge on any atom is -0.456 e. The Morgan fingerprint density at radius 3 is 1.17 bits per heavy atom. The molecule has 0 saturated heterocycles. The molecule has 42 heavy (non-hydrogen) atoms. The van der Waals surface area contributed by atoms with E-state index in [1.807, 2.05) is 0 Å². The van der Waals surface area contributed by atoms with Crippen LogP contribution in [0, 0.1) is 0 Å². The third kappa shape index (κ3) is 3.64. The minimum absolute atomic E-state index is 0.0379. The quantitative estimate of drug-likeness (QED) is 0.159. The van der Waals surface area contributed by atoms with E-state index < -0.39 is 0 Å². The molecule has 2 nitrogen and oxygen atoms in total. The molecule has 0 radical (unpaired) electrons. The van der Waals surface area contributed by atoms with E-state index in [-0.39, 0.29) is 10.8 Å². The van der Waals surface area contributed by atoms with E-state index >= 15 is 0 Å². The lowest BCUT2D eigenvalue weighted by Crippen LogP contribution is -2.12. The van der Waals surface area contributed by atoms with E-state index in [0.29, 0.717) is 0 Å². The van der Waals surface area contributed by atoms with E-state index in [1.165, 1.54) is 33.0 Å². The van der Waals surface area contributed by atoms with Gasteiger partial charge in [0.15, 0.2) is 0 Å². The summed E-state index contributed by atoms with van der Waals surface area (Å²) in [5.74, 6) is 0. The van der Waals surface area contributed by atoms with Gasteiger partial charge in [0.25, 0.3) is 0 Å². The lowest BCUT2D eigenvalue weighted by Gasteiger charge is -2.27. The van der Waals surface area contributed by atoms with Gasteiger partial charge < -0.3 is 8.83 Å². The standard InChI is InChI=1S/C40H34O2/c1-39(2,3)25-17-29-27(23-13-9-7-10-14-23)21-34-37-35(29)31(19-25)41-33-22-28(24-15-11-8-12-16-24)30-18-26(40(4,5)6)20-32(42-34)36(30)38(33)37/h7-22H,1-6H3. The van der Waals surface area contributed by atoms with Crippen LogP contribution in [0.15, 0.2) is 106 Å². The van der Waals surface area contributed by atoms with Crippen molar-refractivity contribution in [2.24, 2.45) is 0 Å². The molecule has 0 amide bonds. The average molecular weight is 547 g/mol. The molecule has 206 valence electrons. The molecule has 0 saturated carbocycles. The van der Waals surface area contributed by atoms with Gasteiger partial charge in [0.05, 0.1) is 0 Å². The van der Waals surface area contributed by atoms with Crippen LogP contribution in [0.25, 0.3) is 77.3 Å². The van der Waals surface area contributed by atoms with Gasteiger partial charge in [0.2, 0.25) is 0 Å². The molecule has 0 aromatic heterocycles. The van der Waals surface area contributed by atoms with E-state index in [9.17, 15) is 0 Å². The second kappa shape index (κ2) is 8.49. The van der Waals surface area contributed by atoms with Crippen LogP contribution in [-0.4, -0.2) is 0 Å². The van der Waals surface area contributed by atoms with Crippen molar-refractivity contribution in [3.05, 3.63) is 108 Å². The van der Waals surface area contributed by atoms with Crippen LogP contribution in [0.4, 0.5) is 0 Å². The van der Waals surface area contributed by atoms with Crippen molar-refractivity contribution in [3.8, 4) is 33.4 Å². The third-order valence-corrected chi connectivity index (χ3v) is 8.92. The predicted octanol–water partition coefficient (Wildman–Crippen LogP) is 12.0. The summed E-state index contributed by atoms with van der Waals surface area (Å²) in [6.45, 7) is 13.6. The van der Waals surface area contributed by atoms with Crippen LogP contribution in [0.2, 0.25) is 0 Å². The zero-order valence-electron chi connectivity index (χ0n) is 25.1. The van der Waals surface area contributed by atoms with Crippen molar-refractivity contribution in [2.45, 2.75) is 52.4 Å². The first kappa shape index (κ1) is 25.2. The van der Waals surface area contributed by atoms with Gasteiger partial charge in [-0.1, -0.05) is 102 Å². The number of rotatable bonds is 2. The summed E-state index contributed by atoms with van der Waals surface area (Å²) in [7, 11) is 0. The van der Waals surface area contributed by atoms with Crippen molar-refractivity contribution in [1.82, 2.24) is 0 Å². The predicted molar refractivity (Wildman–Crippen MR) is 177 cm³/mol. The molecule has 0 N–H and O–H groups in total. The normalized spacial score (nSPS) is 13.0. The first-order chi connectivity index (χ1) is 20.1. The fourth-order valence-corrected chi connectivity index (χ4v) is 6.61. The first-order valence-corrected chi connectivity index (χ1v) is 14.9. The Kier molecular flexibility index (Phi) is 5.09. The Labute approximate surface area is 246 Å². The van der Waals surface area contributed by atoms with Gasteiger partial charge in [0, 0.05) is 21.9 Å². The highest BCUT2D eigenvalue weighted by atomic mass is 16.3. The Morgan fingerprint density at radius 2 is 0.810 bits per heavy atom. The van der Waals surface area contributed by atoms with Crippen molar-refractivity contribution in [3.63, 3.8) is 0 Å². The summed E-state index contributed by atoms with van der Waals surface area (Å²) in [5, 5.41) is 4.66. The van der Waals surface area contributed by atoms with Crippen LogP contribution in [0.1, 0.15) is 52.7 Å². The van der Waals surface area contributed by atoms with E-state index in [4.69, 9.17) is 8.83 Å². The summed E-state index contributed by atoms with van der Waals surface area (Å²) >= 11 is 0. The molecule has 6 aromatic carbocycles. The van der Waals surface area contributed by atoms with Gasteiger partial charge in [0.1, 0.15) is 22.3 Å². The second-order valence-corrected chi connectivity index (χ2v) is 13.8. The summed E-state index contributed by atoms with van der Waals surface area (Å²) < 4.78 is 13.9. The molecule has 0 spiro atoms. The number of hydrogen-bond acceptors (Lipinski definition) is 2. The van der Waals surface area contributed by atoms with Crippen molar-refractivity contribution < 1.29 is 8.83 Å². The lowest BCUT2D eigenvalue weighted by atomic mass is 9.80. The molecule has 0 unspecified atom stereocenters. The number of benzene rings is 6. The topological polar surface area (TPSA) is 26.3 Å². The molecule has 0 atom stereocenters. The molecular formula is C40H34O2. The monoisotopic (exact) mass is 546 g/mol. The average Bonchev–Trinajstić information content (AvgIpc) is 2.97. The van der Waals surface area contributed by atoms with Gasteiger partial charge in [-0.05, 0) is 91.4 Å². The Balaban J connectivity index is 1.63. The summed E-state index contributed by atoms with van der Waals surface area (Å²) in [4.78, 5) is 0. The number of hydrogen-bond donors (Lipinski definition) is 0. The van der Waals surface area contributed by atoms with Gasteiger partial charge in [-0.15, -0.1) is 0 Å². The van der Waals surface area contributed by atoms with Crippen molar-refractivity contribution >= 4 is 43.9 Å². The van der Waals surface area contributed by atoms with Crippen LogP contribution >= 0.6 is 0 Å². The highest BCUT2D eigenvalue weighted by molar-refractivity contribution is 6.27. The largest absolute Gasteiger partial charge is 0.456 e. The molecule has 0 fully saturated rings. The van der Waals surface area contributed by atoms with Crippen LogP contribution in [0.5, 0.6) is 0 Å². The molecule has 2 heteroatoms. The fourth-order valence-electron chi connectivity index (χ4n) is 6.61. The van der Waals surface area contributed by atoms with Gasteiger partial charge >= 0.3 is 0 Å². The SMILES string of the molecule is CC(C)(C)c1cc2oc3cc(-c4ccccc4)c4cc(C(C)(C)C)cc5oc6cc(-c7ccccc7)c(c1)c2c6-c3c54. The molecule has 2 heterocycles. The maximum absolute atomic E-state index is 6.97. The second-order valence-electron chi connectivity index (χ2n) is 13.8. The smallest absolute Gasteiger partial charge is 0.136 e. The summed E-state index contributed by atoms with van der Waals surface area (Å²) in [6, 6.07) is 35.0. The van der Waals surface area contributed by atoms with E-state index in [2.05, 4.69) is 139 Å². The van der Waals surface area contributed by atoms with Crippen LogP contribution in [0.3, 0.4) is 0 Å². The maximum atomic E-state index is 6.97. The third-order valence-electron chi connectivity index (χ3n) is 8.92. The highest BCUT2D eigenvalue weighted by Gasteiger charge is 2.30. The summed E-state index contributed by atoms with van der Waals surface area (Å²) in [5.41, 5.74) is 13.0. The van der Waals surface area contributed by atoms with Crippen LogP contribution in [-0.2, 0) is 10.8 Å². The van der Waals surface area contributed by atoms with Crippen molar-refractivity contribution in [2.75, 3.05) is 0 Å². The zero-order valence-corrected chi connectivity index (χ0v) is 25.1. The molecule has 2 aliphatic heterocycles. The molecule has 0 aliphatic carbocycles. The van der Waals surface area contributed by atoms with E-state index in [0.717, 1.165) is 55.4 Å². The zero-order chi connectivity index (χ0) is 29.0. The Hall–Kier alpha value is -4.56. The van der Waals surface area contributed by atoms with Crippen molar-refractivity contribution in [1.29, 1.82) is 0 Å². The summed E-state index contributed by atoms with van der Waals surface area (Å²) in [6.07, 6.45) is 0. The van der Waals surface area contributed by atoms with Gasteiger partial charge in [-0.25, -0.2) is 0 Å². The van der Waals surface area contributed by atoms with Crippen LogP contribution < -0.4 is 0 Å². The molecule has 8 rings (SSSR count). The first-order valence-electron chi connectivity index (χ1n) is 14.9. The highest BCUT2D eigenvalue weighted by Crippen LogP contribution is 2.53. The lowest BCUT2D eigenvalue weighted by molar-refractivity contribution is 0.586. The molecule has 6 aromatic rings. The molecule has 0 bridgehead atoms. The maximum Gasteiger partial charge on any atom is 0.136 e. The molecular weight excluding hydrogens is 512 g/mol. The minimum atomic E-state index is -0.0379. The van der Waals surface area contributed by atoms with Gasteiger partial charge in [-0.3, -0.25) is 0 Å². The Morgan fingerprint density at radius 1 is 0.429 bits per heavy atom.